The van der Waals surface area contributed by atoms with Crippen molar-refractivity contribution in [2.75, 3.05) is 13.1 Å². The van der Waals surface area contributed by atoms with Gasteiger partial charge < -0.3 is 10.3 Å². The van der Waals surface area contributed by atoms with Crippen LogP contribution in [0.1, 0.15) is 12.0 Å². The molecule has 0 saturated carbocycles. The Bertz CT molecular complexity index is 649. The van der Waals surface area contributed by atoms with Gasteiger partial charge in [0.2, 0.25) is 0 Å². The van der Waals surface area contributed by atoms with Gasteiger partial charge in [0, 0.05) is 23.7 Å². The van der Waals surface area contributed by atoms with Crippen molar-refractivity contribution < 1.29 is 4.39 Å². The Morgan fingerprint density at radius 3 is 2.74 bits per heavy atom. The van der Waals surface area contributed by atoms with Crippen LogP contribution < -0.4 is 5.32 Å². The van der Waals surface area contributed by atoms with Crippen molar-refractivity contribution in [3.63, 3.8) is 0 Å². The molecule has 2 N–H and O–H groups in total. The van der Waals surface area contributed by atoms with Crippen LogP contribution in [0.3, 0.4) is 0 Å². The number of nitrogens with one attached hydrogen (secondary N) is 2. The smallest absolute Gasteiger partial charge is 0.144 e. The van der Waals surface area contributed by atoms with Crippen LogP contribution in [0.2, 0.25) is 10.0 Å². The molecular formula is C13H12Cl3FN2. The minimum absolute atomic E-state index is 0. The molecular weight excluding hydrogens is 310 g/mol. The van der Waals surface area contributed by atoms with Crippen LogP contribution in [0, 0.1) is 5.82 Å². The van der Waals surface area contributed by atoms with Crippen molar-refractivity contribution in [2.45, 2.75) is 6.42 Å². The molecule has 0 atom stereocenters. The molecule has 0 radical (unpaired) electrons. The SMILES string of the molecule is Cl.Fc1cc(Cl)c2[nH]cc(C3=CCCNC3)c2c1Cl. The molecule has 1 aliphatic rings. The molecule has 1 aliphatic heterocycles. The second kappa shape index (κ2) is 5.71. The number of hydrogen-bond acceptors (Lipinski definition) is 1. The summed E-state index contributed by atoms with van der Waals surface area (Å²) in [5, 5.41) is 4.42. The molecule has 2 aromatic rings. The molecule has 2 heterocycles. The number of hydrogen-bond donors (Lipinski definition) is 2. The number of rotatable bonds is 1. The maximum absolute atomic E-state index is 13.7. The maximum atomic E-state index is 13.7. The predicted octanol–water partition coefficient (Wildman–Crippen LogP) is 4.41. The van der Waals surface area contributed by atoms with Crippen LogP contribution in [0.4, 0.5) is 4.39 Å². The van der Waals surface area contributed by atoms with Gasteiger partial charge in [0.1, 0.15) is 5.82 Å². The molecule has 0 bridgehead atoms. The molecule has 0 aliphatic carbocycles. The first-order valence-corrected chi connectivity index (χ1v) is 6.49. The number of H-pyrrole nitrogens is 1. The molecule has 1 aromatic carbocycles. The number of benzene rings is 1. The van der Waals surface area contributed by atoms with E-state index in [0.717, 1.165) is 30.6 Å². The van der Waals surface area contributed by atoms with E-state index < -0.39 is 5.82 Å². The highest BCUT2D eigenvalue weighted by Gasteiger charge is 2.17. The Morgan fingerprint density at radius 2 is 2.05 bits per heavy atom. The highest BCUT2D eigenvalue weighted by atomic mass is 35.5. The molecule has 102 valence electrons. The van der Waals surface area contributed by atoms with Gasteiger partial charge in [-0.15, -0.1) is 12.4 Å². The van der Waals surface area contributed by atoms with Gasteiger partial charge in [-0.25, -0.2) is 4.39 Å². The molecule has 2 nitrogen and oxygen atoms in total. The van der Waals surface area contributed by atoms with E-state index in [1.54, 1.807) is 0 Å². The van der Waals surface area contributed by atoms with Crippen molar-refractivity contribution >= 4 is 52.1 Å². The van der Waals surface area contributed by atoms with Crippen molar-refractivity contribution in [2.24, 2.45) is 0 Å². The minimum Gasteiger partial charge on any atom is -0.359 e. The summed E-state index contributed by atoms with van der Waals surface area (Å²) < 4.78 is 13.7. The first-order valence-electron chi connectivity index (χ1n) is 5.73. The van der Waals surface area contributed by atoms with Gasteiger partial charge >= 0.3 is 0 Å². The third-order valence-electron chi connectivity index (χ3n) is 3.17. The quantitative estimate of drug-likeness (QED) is 0.748. The molecule has 19 heavy (non-hydrogen) atoms. The molecule has 0 unspecified atom stereocenters. The highest BCUT2D eigenvalue weighted by molar-refractivity contribution is 6.40. The van der Waals surface area contributed by atoms with Crippen molar-refractivity contribution in [3.8, 4) is 0 Å². The van der Waals surface area contributed by atoms with E-state index in [1.165, 1.54) is 6.07 Å². The summed E-state index contributed by atoms with van der Waals surface area (Å²) in [6, 6.07) is 1.24. The average Bonchev–Trinajstić information content (AvgIpc) is 2.82. The zero-order chi connectivity index (χ0) is 12.7. The molecule has 0 saturated heterocycles. The van der Waals surface area contributed by atoms with Gasteiger partial charge in [0.05, 0.1) is 15.6 Å². The lowest BCUT2D eigenvalue weighted by atomic mass is 10.0. The Morgan fingerprint density at radius 1 is 1.26 bits per heavy atom. The summed E-state index contributed by atoms with van der Waals surface area (Å²) >= 11 is 12.1. The molecule has 0 spiro atoms. The van der Waals surface area contributed by atoms with Crippen LogP contribution in [0.15, 0.2) is 18.3 Å². The van der Waals surface area contributed by atoms with E-state index in [9.17, 15) is 4.39 Å². The fourth-order valence-corrected chi connectivity index (χ4v) is 2.80. The first kappa shape index (κ1) is 14.7. The number of fused-ring (bicyclic) bond motifs is 1. The van der Waals surface area contributed by atoms with E-state index in [0.29, 0.717) is 15.9 Å². The lowest BCUT2D eigenvalue weighted by Gasteiger charge is -2.14. The first-order chi connectivity index (χ1) is 8.68. The fraction of sp³-hybridized carbons (Fsp3) is 0.231. The molecule has 6 heteroatoms. The van der Waals surface area contributed by atoms with E-state index in [2.05, 4.69) is 16.4 Å². The van der Waals surface area contributed by atoms with Crippen LogP contribution in [0.5, 0.6) is 0 Å². The van der Waals surface area contributed by atoms with Gasteiger partial charge in [0.15, 0.2) is 0 Å². The van der Waals surface area contributed by atoms with Crippen molar-refractivity contribution in [1.29, 1.82) is 0 Å². The van der Waals surface area contributed by atoms with Gasteiger partial charge in [-0.05, 0) is 24.6 Å². The molecule has 0 fully saturated rings. The third-order valence-corrected chi connectivity index (χ3v) is 3.84. The number of halogens is 4. The molecule has 3 rings (SSSR count). The largest absolute Gasteiger partial charge is 0.359 e. The Labute approximate surface area is 126 Å². The van der Waals surface area contributed by atoms with E-state index >= 15 is 0 Å². The third kappa shape index (κ3) is 2.48. The Balaban J connectivity index is 0.00000133. The zero-order valence-corrected chi connectivity index (χ0v) is 12.2. The lowest BCUT2D eigenvalue weighted by molar-refractivity contribution is 0.630. The van der Waals surface area contributed by atoms with Crippen LogP contribution in [0.25, 0.3) is 16.5 Å². The average molecular weight is 322 g/mol. The molecule has 1 aromatic heterocycles. The normalized spacial score (nSPS) is 15.2. The number of aromatic amines is 1. The Hall–Kier alpha value is -0.740. The van der Waals surface area contributed by atoms with E-state index in [4.69, 9.17) is 23.2 Å². The lowest BCUT2D eigenvalue weighted by Crippen LogP contribution is -2.21. The van der Waals surface area contributed by atoms with Crippen molar-refractivity contribution in [1.82, 2.24) is 10.3 Å². The van der Waals surface area contributed by atoms with Crippen LogP contribution in [-0.2, 0) is 0 Å². The summed E-state index contributed by atoms with van der Waals surface area (Å²) in [5.41, 5.74) is 2.73. The highest BCUT2D eigenvalue weighted by Crippen LogP contribution is 2.37. The molecule has 0 amide bonds. The maximum Gasteiger partial charge on any atom is 0.144 e. The van der Waals surface area contributed by atoms with Gasteiger partial charge in [0.25, 0.3) is 0 Å². The van der Waals surface area contributed by atoms with Crippen LogP contribution in [-0.4, -0.2) is 18.1 Å². The summed E-state index contributed by atoms with van der Waals surface area (Å²) in [6.45, 7) is 1.73. The second-order valence-corrected chi connectivity index (χ2v) is 5.09. The summed E-state index contributed by atoms with van der Waals surface area (Å²) in [6.07, 6.45) is 4.94. The zero-order valence-electron chi connectivity index (χ0n) is 9.90. The van der Waals surface area contributed by atoms with Crippen molar-refractivity contribution in [3.05, 3.63) is 39.8 Å². The monoisotopic (exact) mass is 320 g/mol. The topological polar surface area (TPSA) is 27.8 Å². The summed E-state index contributed by atoms with van der Waals surface area (Å²) in [7, 11) is 0. The summed E-state index contributed by atoms with van der Waals surface area (Å²) in [5.74, 6) is -0.487. The van der Waals surface area contributed by atoms with Gasteiger partial charge in [-0.3, -0.25) is 0 Å². The predicted molar refractivity (Wildman–Crippen MR) is 81.0 cm³/mol. The standard InChI is InChI=1S/C13H11Cl2FN2.ClH/c14-9-4-10(16)12(15)11-8(6-18-13(9)11)7-2-1-3-17-5-7;/h2,4,6,17-18H,1,3,5H2;1H. The van der Waals surface area contributed by atoms with Crippen LogP contribution >= 0.6 is 35.6 Å². The van der Waals surface area contributed by atoms with Gasteiger partial charge in [-0.2, -0.15) is 0 Å². The second-order valence-electron chi connectivity index (χ2n) is 4.30. The number of aromatic nitrogens is 1. The Kier molecular flexibility index (Phi) is 4.41. The fourth-order valence-electron chi connectivity index (χ4n) is 2.31. The van der Waals surface area contributed by atoms with Gasteiger partial charge in [-0.1, -0.05) is 29.3 Å². The summed E-state index contributed by atoms with van der Waals surface area (Å²) in [4.78, 5) is 3.07. The minimum atomic E-state index is -0.487. The van der Waals surface area contributed by atoms with E-state index in [1.807, 2.05) is 6.20 Å². The van der Waals surface area contributed by atoms with E-state index in [-0.39, 0.29) is 17.4 Å².